The Kier molecular flexibility index (Phi) is 3.18. The molecular weight excluding hydrogens is 316 g/mol. The van der Waals surface area contributed by atoms with Gasteiger partial charge in [-0.25, -0.2) is 4.98 Å². The van der Waals surface area contributed by atoms with Crippen LogP contribution in [0.5, 0.6) is 0 Å². The van der Waals surface area contributed by atoms with E-state index in [2.05, 4.69) is 25.8 Å². The van der Waals surface area contributed by atoms with Crippen molar-refractivity contribution in [1.82, 2.24) is 4.98 Å². The summed E-state index contributed by atoms with van der Waals surface area (Å²) < 4.78 is 1.00. The Hall–Kier alpha value is -0.840. The lowest BCUT2D eigenvalue weighted by molar-refractivity contribution is 0.198. The van der Waals surface area contributed by atoms with Crippen LogP contribution in [0.25, 0.3) is 10.8 Å². The highest BCUT2D eigenvalue weighted by atomic mass is 79.9. The van der Waals surface area contributed by atoms with Gasteiger partial charge in [0.15, 0.2) is 0 Å². The molecule has 1 aromatic carbocycles. The van der Waals surface area contributed by atoms with Crippen molar-refractivity contribution in [3.05, 3.63) is 33.9 Å². The largest absolute Gasteiger partial charge is 0.391 e. The van der Waals surface area contributed by atoms with Crippen LogP contribution in [0.15, 0.2) is 28.7 Å². The van der Waals surface area contributed by atoms with E-state index in [9.17, 15) is 5.11 Å². The minimum absolute atomic E-state index is 0.275. The summed E-state index contributed by atoms with van der Waals surface area (Å²) in [6.07, 6.45) is 0.503. The Morgan fingerprint density at radius 3 is 3.00 bits per heavy atom. The van der Waals surface area contributed by atoms with Crippen LogP contribution in [-0.2, 0) is 0 Å². The first kappa shape index (κ1) is 12.2. The second-order valence-electron chi connectivity index (χ2n) is 4.50. The molecule has 3 rings (SSSR count). The van der Waals surface area contributed by atoms with Crippen molar-refractivity contribution < 1.29 is 5.11 Å². The summed E-state index contributed by atoms with van der Waals surface area (Å²) in [5, 5.41) is 12.2. The van der Waals surface area contributed by atoms with E-state index in [0.29, 0.717) is 11.7 Å². The Bertz CT molecular complexity index is 605. The zero-order chi connectivity index (χ0) is 12.7. The lowest BCUT2D eigenvalue weighted by Crippen LogP contribution is -2.22. The molecule has 1 saturated heterocycles. The number of anilines is 1. The first-order valence-corrected chi connectivity index (χ1v) is 7.00. The maximum Gasteiger partial charge on any atom is 0.139 e. The number of fused-ring (bicyclic) bond motifs is 1. The van der Waals surface area contributed by atoms with Gasteiger partial charge in [-0.15, -0.1) is 0 Å². The molecule has 0 saturated carbocycles. The predicted molar refractivity (Wildman–Crippen MR) is 77.3 cm³/mol. The lowest BCUT2D eigenvalue weighted by Gasteiger charge is -2.19. The third kappa shape index (κ3) is 2.09. The maximum absolute atomic E-state index is 9.66. The summed E-state index contributed by atoms with van der Waals surface area (Å²) in [5.41, 5.74) is 0. The van der Waals surface area contributed by atoms with Gasteiger partial charge in [-0.1, -0.05) is 39.7 Å². The normalized spacial score (nSPS) is 19.7. The predicted octanol–water partition coefficient (Wildman–Crippen LogP) is 3.22. The molecule has 0 bridgehead atoms. The molecule has 1 aliphatic heterocycles. The van der Waals surface area contributed by atoms with Crippen LogP contribution in [0.3, 0.4) is 0 Å². The van der Waals surface area contributed by atoms with Crippen molar-refractivity contribution in [2.45, 2.75) is 12.5 Å². The second kappa shape index (κ2) is 4.68. The van der Waals surface area contributed by atoms with Crippen molar-refractivity contribution in [2.24, 2.45) is 0 Å². The van der Waals surface area contributed by atoms with Gasteiger partial charge in [0.05, 0.1) is 6.10 Å². The first-order chi connectivity index (χ1) is 8.65. The van der Waals surface area contributed by atoms with Gasteiger partial charge < -0.3 is 10.0 Å². The minimum Gasteiger partial charge on any atom is -0.391 e. The summed E-state index contributed by atoms with van der Waals surface area (Å²) in [4.78, 5) is 6.52. The molecule has 94 valence electrons. The Morgan fingerprint density at radius 2 is 2.28 bits per heavy atom. The van der Waals surface area contributed by atoms with E-state index >= 15 is 0 Å². The fourth-order valence-electron chi connectivity index (χ4n) is 2.38. The second-order valence-corrected chi connectivity index (χ2v) is 5.74. The van der Waals surface area contributed by atoms with Gasteiger partial charge in [-0.2, -0.15) is 0 Å². The van der Waals surface area contributed by atoms with Gasteiger partial charge in [0.1, 0.15) is 11.0 Å². The number of pyridine rings is 1. The number of rotatable bonds is 1. The molecule has 1 atom stereocenters. The topological polar surface area (TPSA) is 36.4 Å². The molecule has 0 amide bonds. The Labute approximate surface area is 119 Å². The van der Waals surface area contributed by atoms with Gasteiger partial charge >= 0.3 is 0 Å². The molecule has 1 aliphatic rings. The average molecular weight is 328 g/mol. The molecule has 1 N–H and O–H groups in total. The van der Waals surface area contributed by atoms with E-state index in [-0.39, 0.29) is 6.10 Å². The first-order valence-electron chi connectivity index (χ1n) is 5.83. The molecule has 2 heterocycles. The number of nitrogens with zero attached hydrogens (tertiary/aromatic N) is 2. The molecule has 1 fully saturated rings. The molecule has 0 radical (unpaired) electrons. The third-order valence-corrected chi connectivity index (χ3v) is 4.07. The van der Waals surface area contributed by atoms with Gasteiger partial charge in [-0.05, 0) is 23.9 Å². The van der Waals surface area contributed by atoms with Crippen LogP contribution < -0.4 is 4.90 Å². The standard InChI is InChI=1S/C13H12BrClN2O/c14-10-3-1-2-8-6-11(15)16-13(12(8)10)17-5-4-9(18)7-17/h1-3,6,9,18H,4-5,7H2/t9-/m1/s1. The SMILES string of the molecule is O[C@@H]1CCN(c2nc(Cl)cc3cccc(Br)c23)C1. The van der Waals surface area contributed by atoms with Crippen molar-refractivity contribution in [2.75, 3.05) is 18.0 Å². The van der Waals surface area contributed by atoms with Crippen molar-refractivity contribution in [1.29, 1.82) is 0 Å². The van der Waals surface area contributed by atoms with E-state index in [1.54, 1.807) is 0 Å². The van der Waals surface area contributed by atoms with Gasteiger partial charge in [0.2, 0.25) is 0 Å². The quantitative estimate of drug-likeness (QED) is 0.817. The van der Waals surface area contributed by atoms with Gasteiger partial charge in [0.25, 0.3) is 0 Å². The minimum atomic E-state index is -0.275. The molecule has 0 aliphatic carbocycles. The van der Waals surface area contributed by atoms with Gasteiger partial charge in [0, 0.05) is 22.9 Å². The summed E-state index contributed by atoms with van der Waals surface area (Å²) in [6, 6.07) is 7.85. The number of hydrogen-bond donors (Lipinski definition) is 1. The number of aromatic nitrogens is 1. The molecule has 2 aromatic rings. The van der Waals surface area contributed by atoms with Crippen LogP contribution in [0.4, 0.5) is 5.82 Å². The number of β-amino-alcohol motifs (C(OH)–C–C–N with tert-alkyl or cyclic N) is 1. The summed E-state index contributed by atoms with van der Waals surface area (Å²) >= 11 is 9.64. The fourth-order valence-corrected chi connectivity index (χ4v) is 3.13. The van der Waals surface area contributed by atoms with E-state index in [1.165, 1.54) is 0 Å². The van der Waals surface area contributed by atoms with E-state index in [0.717, 1.165) is 34.0 Å². The number of hydrogen-bond acceptors (Lipinski definition) is 3. The number of aliphatic hydroxyl groups is 1. The van der Waals surface area contributed by atoms with Crippen LogP contribution in [0, 0.1) is 0 Å². The number of aliphatic hydroxyl groups excluding tert-OH is 1. The van der Waals surface area contributed by atoms with Crippen molar-refractivity contribution >= 4 is 44.1 Å². The molecule has 3 nitrogen and oxygen atoms in total. The van der Waals surface area contributed by atoms with Crippen LogP contribution in [-0.4, -0.2) is 29.3 Å². The number of benzene rings is 1. The summed E-state index contributed by atoms with van der Waals surface area (Å²) in [5.74, 6) is 0.849. The van der Waals surface area contributed by atoms with E-state index in [1.807, 2.05) is 24.3 Å². The number of halogens is 2. The van der Waals surface area contributed by atoms with E-state index < -0.39 is 0 Å². The smallest absolute Gasteiger partial charge is 0.139 e. The molecule has 0 unspecified atom stereocenters. The van der Waals surface area contributed by atoms with Crippen molar-refractivity contribution in [3.63, 3.8) is 0 Å². The lowest BCUT2D eigenvalue weighted by atomic mass is 10.1. The molecule has 18 heavy (non-hydrogen) atoms. The van der Waals surface area contributed by atoms with Crippen LogP contribution >= 0.6 is 27.5 Å². The van der Waals surface area contributed by atoms with Gasteiger partial charge in [-0.3, -0.25) is 0 Å². The zero-order valence-corrected chi connectivity index (χ0v) is 11.9. The van der Waals surface area contributed by atoms with E-state index in [4.69, 9.17) is 11.6 Å². The van der Waals surface area contributed by atoms with Crippen LogP contribution in [0.1, 0.15) is 6.42 Å². The Morgan fingerprint density at radius 1 is 1.44 bits per heavy atom. The highest BCUT2D eigenvalue weighted by Gasteiger charge is 2.24. The highest BCUT2D eigenvalue weighted by Crippen LogP contribution is 2.34. The molecule has 0 spiro atoms. The molecule has 5 heteroatoms. The fraction of sp³-hybridized carbons (Fsp3) is 0.308. The summed E-state index contributed by atoms with van der Waals surface area (Å²) in [6.45, 7) is 1.43. The zero-order valence-electron chi connectivity index (χ0n) is 9.61. The third-order valence-electron chi connectivity index (χ3n) is 3.22. The Balaban J connectivity index is 2.21. The molecular formula is C13H12BrClN2O. The monoisotopic (exact) mass is 326 g/mol. The summed E-state index contributed by atoms with van der Waals surface area (Å²) in [7, 11) is 0. The highest BCUT2D eigenvalue weighted by molar-refractivity contribution is 9.10. The van der Waals surface area contributed by atoms with Crippen LogP contribution in [0.2, 0.25) is 5.15 Å². The average Bonchev–Trinajstić information content (AvgIpc) is 2.75. The molecule has 1 aromatic heterocycles. The van der Waals surface area contributed by atoms with Crippen molar-refractivity contribution in [3.8, 4) is 0 Å². The maximum atomic E-state index is 9.66.